The topological polar surface area (TPSA) is 102 Å². The Labute approximate surface area is 189 Å². The lowest BCUT2D eigenvalue weighted by molar-refractivity contribution is -0.123. The van der Waals surface area contributed by atoms with Crippen LogP contribution in [-0.2, 0) is 19.6 Å². The molecular formula is C23H20F2N2O5S. The van der Waals surface area contributed by atoms with Gasteiger partial charge in [-0.15, -0.1) is 0 Å². The van der Waals surface area contributed by atoms with E-state index >= 15 is 0 Å². The highest BCUT2D eigenvalue weighted by Gasteiger charge is 2.20. The second-order valence-electron chi connectivity index (χ2n) is 7.16. The summed E-state index contributed by atoms with van der Waals surface area (Å²) in [5.41, 5.74) is 1.76. The van der Waals surface area contributed by atoms with Gasteiger partial charge in [0.05, 0.1) is 10.5 Å². The molecule has 3 aromatic carbocycles. The van der Waals surface area contributed by atoms with E-state index in [-0.39, 0.29) is 11.3 Å². The van der Waals surface area contributed by atoms with Crippen molar-refractivity contribution in [2.75, 3.05) is 10.0 Å². The highest BCUT2D eigenvalue weighted by atomic mass is 32.2. The third kappa shape index (κ3) is 6.13. The van der Waals surface area contributed by atoms with E-state index in [1.54, 1.807) is 12.1 Å². The minimum atomic E-state index is -4.17. The zero-order valence-electron chi connectivity index (χ0n) is 17.6. The summed E-state index contributed by atoms with van der Waals surface area (Å²) in [5, 5.41) is 2.64. The average Bonchev–Trinajstić information content (AvgIpc) is 2.77. The summed E-state index contributed by atoms with van der Waals surface area (Å²) in [7, 11) is -4.17. The predicted molar refractivity (Wildman–Crippen MR) is 118 cm³/mol. The summed E-state index contributed by atoms with van der Waals surface area (Å²) in [6, 6.07) is 14.5. The Kier molecular flexibility index (Phi) is 7.07. The number of ether oxygens (including phenoxy) is 1. The normalized spacial score (nSPS) is 12.0. The van der Waals surface area contributed by atoms with E-state index in [1.165, 1.54) is 31.2 Å². The number of nitrogens with one attached hydrogen (secondary N) is 2. The molecule has 0 radical (unpaired) electrons. The number of hydrogen-bond acceptors (Lipinski definition) is 5. The van der Waals surface area contributed by atoms with Crippen molar-refractivity contribution in [3.05, 3.63) is 89.5 Å². The zero-order chi connectivity index (χ0) is 24.2. The van der Waals surface area contributed by atoms with Gasteiger partial charge in [0.2, 0.25) is 0 Å². The van der Waals surface area contributed by atoms with Gasteiger partial charge in [0, 0.05) is 11.4 Å². The van der Waals surface area contributed by atoms with Crippen LogP contribution < -0.4 is 10.0 Å². The Morgan fingerprint density at radius 1 is 0.879 bits per heavy atom. The molecule has 0 aromatic heterocycles. The van der Waals surface area contributed by atoms with Crippen molar-refractivity contribution in [3.63, 3.8) is 0 Å². The zero-order valence-corrected chi connectivity index (χ0v) is 18.5. The van der Waals surface area contributed by atoms with Crippen molar-refractivity contribution in [2.24, 2.45) is 0 Å². The van der Waals surface area contributed by atoms with Gasteiger partial charge >= 0.3 is 5.97 Å². The Morgan fingerprint density at radius 3 is 2.09 bits per heavy atom. The SMILES string of the molecule is Cc1ccc(NC(=O)[C@@H](C)OC(=O)c2ccc(NS(=O)(=O)c3ccc(F)c(F)c3)cc2)cc1. The van der Waals surface area contributed by atoms with E-state index in [4.69, 9.17) is 4.74 Å². The Morgan fingerprint density at radius 2 is 1.48 bits per heavy atom. The molecule has 0 saturated heterocycles. The second kappa shape index (κ2) is 9.78. The van der Waals surface area contributed by atoms with E-state index < -0.39 is 44.5 Å². The Bertz CT molecular complexity index is 1280. The molecule has 1 atom stereocenters. The van der Waals surface area contributed by atoms with Crippen molar-refractivity contribution in [3.8, 4) is 0 Å². The van der Waals surface area contributed by atoms with Crippen molar-refractivity contribution in [1.29, 1.82) is 0 Å². The molecule has 0 aliphatic heterocycles. The lowest BCUT2D eigenvalue weighted by Gasteiger charge is -2.14. The van der Waals surface area contributed by atoms with Crippen LogP contribution in [0.5, 0.6) is 0 Å². The smallest absolute Gasteiger partial charge is 0.338 e. The number of anilines is 2. The van der Waals surface area contributed by atoms with Crippen molar-refractivity contribution in [1.82, 2.24) is 0 Å². The molecule has 3 rings (SSSR count). The van der Waals surface area contributed by atoms with Gasteiger partial charge in [0.15, 0.2) is 17.7 Å². The molecule has 0 fully saturated rings. The van der Waals surface area contributed by atoms with Crippen molar-refractivity contribution in [2.45, 2.75) is 24.8 Å². The van der Waals surface area contributed by atoms with Gasteiger partial charge in [-0.3, -0.25) is 9.52 Å². The van der Waals surface area contributed by atoms with Gasteiger partial charge in [0.1, 0.15) is 0 Å². The van der Waals surface area contributed by atoms with Gasteiger partial charge in [-0.25, -0.2) is 22.0 Å². The van der Waals surface area contributed by atoms with Gasteiger partial charge in [-0.2, -0.15) is 0 Å². The largest absolute Gasteiger partial charge is 0.449 e. The second-order valence-corrected chi connectivity index (χ2v) is 8.84. The first-order valence-electron chi connectivity index (χ1n) is 9.71. The van der Waals surface area contributed by atoms with E-state index in [0.29, 0.717) is 17.8 Å². The van der Waals surface area contributed by atoms with Crippen molar-refractivity contribution < 1.29 is 31.5 Å². The molecule has 0 bridgehead atoms. The fourth-order valence-electron chi connectivity index (χ4n) is 2.70. The summed E-state index contributed by atoms with van der Waals surface area (Å²) >= 11 is 0. The van der Waals surface area contributed by atoms with Crippen LogP contribution in [0.15, 0.2) is 71.6 Å². The maximum absolute atomic E-state index is 13.3. The van der Waals surface area contributed by atoms with E-state index in [1.807, 2.05) is 19.1 Å². The van der Waals surface area contributed by atoms with Gasteiger partial charge in [-0.05, 0) is 68.4 Å². The minimum Gasteiger partial charge on any atom is -0.449 e. The van der Waals surface area contributed by atoms with Gasteiger partial charge in [0.25, 0.3) is 15.9 Å². The first-order chi connectivity index (χ1) is 15.5. The third-order valence-corrected chi connectivity index (χ3v) is 5.93. The number of sulfonamides is 1. The molecule has 0 aliphatic rings. The van der Waals surface area contributed by atoms with Crippen LogP contribution >= 0.6 is 0 Å². The Balaban J connectivity index is 1.61. The fraction of sp³-hybridized carbons (Fsp3) is 0.130. The predicted octanol–water partition coefficient (Wildman–Crippen LogP) is 4.26. The van der Waals surface area contributed by atoms with E-state index in [2.05, 4.69) is 10.0 Å². The molecular weight excluding hydrogens is 454 g/mol. The van der Waals surface area contributed by atoms with Crippen LogP contribution in [0.1, 0.15) is 22.8 Å². The minimum absolute atomic E-state index is 0.0840. The molecule has 10 heteroatoms. The van der Waals surface area contributed by atoms with E-state index in [9.17, 15) is 26.8 Å². The Hall–Kier alpha value is -3.79. The average molecular weight is 474 g/mol. The molecule has 0 saturated carbocycles. The molecule has 2 N–H and O–H groups in total. The maximum Gasteiger partial charge on any atom is 0.338 e. The number of esters is 1. The fourth-order valence-corrected chi connectivity index (χ4v) is 3.77. The van der Waals surface area contributed by atoms with E-state index in [0.717, 1.165) is 11.6 Å². The highest BCUT2D eigenvalue weighted by molar-refractivity contribution is 7.92. The number of amides is 1. The summed E-state index contributed by atoms with van der Waals surface area (Å²) in [4.78, 5) is 24.1. The van der Waals surface area contributed by atoms with Crippen LogP contribution in [0.4, 0.5) is 20.2 Å². The van der Waals surface area contributed by atoms with Crippen LogP contribution in [-0.4, -0.2) is 26.4 Å². The molecule has 3 aromatic rings. The number of halogens is 2. The van der Waals surface area contributed by atoms with Crippen LogP contribution in [0.25, 0.3) is 0 Å². The molecule has 0 heterocycles. The number of carbonyl (C=O) groups excluding carboxylic acids is 2. The first kappa shape index (κ1) is 23.9. The maximum atomic E-state index is 13.3. The van der Waals surface area contributed by atoms with Gasteiger partial charge < -0.3 is 10.1 Å². The molecule has 0 aliphatic carbocycles. The standard InChI is InChI=1S/C23H20F2N2O5S/c1-14-3-7-17(8-4-14)26-22(28)15(2)32-23(29)16-5-9-18(10-6-16)27-33(30,31)19-11-12-20(24)21(25)13-19/h3-13,15,27H,1-2H3,(H,26,28)/t15-/m1/s1. The first-order valence-corrected chi connectivity index (χ1v) is 11.2. The number of aryl methyl sites for hydroxylation is 1. The number of hydrogen-bond donors (Lipinski definition) is 2. The van der Waals surface area contributed by atoms with Crippen LogP contribution in [0.2, 0.25) is 0 Å². The molecule has 0 spiro atoms. The summed E-state index contributed by atoms with van der Waals surface area (Å²) < 4.78 is 58.4. The molecule has 0 unspecified atom stereocenters. The lowest BCUT2D eigenvalue weighted by atomic mass is 10.2. The lowest BCUT2D eigenvalue weighted by Crippen LogP contribution is -2.30. The molecule has 33 heavy (non-hydrogen) atoms. The summed E-state index contributed by atoms with van der Waals surface area (Å²) in [6.45, 7) is 3.33. The van der Waals surface area contributed by atoms with Crippen molar-refractivity contribution >= 4 is 33.3 Å². The summed E-state index contributed by atoms with van der Waals surface area (Å²) in [5.74, 6) is -3.75. The number of carbonyl (C=O) groups is 2. The quantitative estimate of drug-likeness (QED) is 0.499. The highest BCUT2D eigenvalue weighted by Crippen LogP contribution is 2.19. The third-order valence-electron chi connectivity index (χ3n) is 4.55. The molecule has 1 amide bonds. The van der Waals surface area contributed by atoms with Gasteiger partial charge in [-0.1, -0.05) is 17.7 Å². The molecule has 172 valence electrons. The van der Waals surface area contributed by atoms with Crippen LogP contribution in [0, 0.1) is 18.6 Å². The molecule has 7 nitrogen and oxygen atoms in total. The monoisotopic (exact) mass is 474 g/mol. The number of benzene rings is 3. The van der Waals surface area contributed by atoms with Crippen LogP contribution in [0.3, 0.4) is 0 Å². The number of rotatable bonds is 7. The summed E-state index contributed by atoms with van der Waals surface area (Å²) in [6.07, 6.45) is -1.08.